The molecule has 1 aromatic carbocycles. The van der Waals surface area contributed by atoms with Crippen LogP contribution in [-0.4, -0.2) is 27.1 Å². The molecule has 18 heavy (non-hydrogen) atoms. The summed E-state index contributed by atoms with van der Waals surface area (Å²) in [4.78, 5) is 11.4. The molecule has 0 saturated carbocycles. The summed E-state index contributed by atoms with van der Waals surface area (Å²) in [5.74, 6) is -1.06. The molecule has 0 aromatic heterocycles. The quantitative estimate of drug-likeness (QED) is 0.861. The van der Waals surface area contributed by atoms with E-state index in [1.54, 1.807) is 0 Å². The van der Waals surface area contributed by atoms with Gasteiger partial charge in [0.15, 0.2) is 0 Å². The summed E-state index contributed by atoms with van der Waals surface area (Å²) in [6.07, 6.45) is 0.955. The number of nitrogens with one attached hydrogen (secondary N) is 2. The summed E-state index contributed by atoms with van der Waals surface area (Å²) in [7, 11) is -3.31. The van der Waals surface area contributed by atoms with Gasteiger partial charge in [-0.25, -0.2) is 17.5 Å². The van der Waals surface area contributed by atoms with Crippen molar-refractivity contribution in [3.05, 3.63) is 29.0 Å². The van der Waals surface area contributed by atoms with Crippen LogP contribution >= 0.6 is 11.6 Å². The summed E-state index contributed by atoms with van der Waals surface area (Å²) in [6.45, 7) is -0.0132. The maximum absolute atomic E-state index is 13.1. The lowest BCUT2D eigenvalue weighted by Crippen LogP contribution is -2.26. The van der Waals surface area contributed by atoms with Crippen LogP contribution in [0.25, 0.3) is 0 Å². The van der Waals surface area contributed by atoms with Gasteiger partial charge in [0.25, 0.3) is 0 Å². The van der Waals surface area contributed by atoms with E-state index in [0.717, 1.165) is 12.3 Å². The van der Waals surface area contributed by atoms with Gasteiger partial charge in [0.2, 0.25) is 15.9 Å². The lowest BCUT2D eigenvalue weighted by Gasteiger charge is -2.06. The molecule has 0 radical (unpaired) electrons. The molecule has 2 N–H and O–H groups in total. The lowest BCUT2D eigenvalue weighted by molar-refractivity contribution is -0.116. The Morgan fingerprint density at radius 2 is 2.11 bits per heavy atom. The Morgan fingerprint density at radius 3 is 2.67 bits per heavy atom. The average Bonchev–Trinajstić information content (AvgIpc) is 2.21. The van der Waals surface area contributed by atoms with Crippen molar-refractivity contribution in [2.75, 3.05) is 18.1 Å². The standard InChI is InChI=1S/C10H12ClFN2O3S/c1-18(16,17)13-5-4-10(15)14-7-2-3-8(11)9(12)6-7/h2-3,6,13H,4-5H2,1H3,(H,14,15). The number of carbonyl (C=O) groups excluding carboxylic acids is 1. The zero-order valence-electron chi connectivity index (χ0n) is 9.54. The minimum Gasteiger partial charge on any atom is -0.326 e. The van der Waals surface area contributed by atoms with E-state index in [4.69, 9.17) is 11.6 Å². The molecular formula is C10H12ClFN2O3S. The molecule has 0 heterocycles. The third kappa shape index (κ3) is 5.44. The third-order valence-electron chi connectivity index (χ3n) is 1.92. The zero-order valence-corrected chi connectivity index (χ0v) is 11.1. The zero-order chi connectivity index (χ0) is 13.8. The monoisotopic (exact) mass is 294 g/mol. The molecule has 0 spiro atoms. The highest BCUT2D eigenvalue weighted by Gasteiger charge is 2.07. The Morgan fingerprint density at radius 1 is 1.44 bits per heavy atom. The molecule has 1 aromatic rings. The van der Waals surface area contributed by atoms with Crippen LogP contribution in [0.2, 0.25) is 5.02 Å². The topological polar surface area (TPSA) is 75.3 Å². The smallest absolute Gasteiger partial charge is 0.225 e. The van der Waals surface area contributed by atoms with Gasteiger partial charge >= 0.3 is 0 Å². The van der Waals surface area contributed by atoms with E-state index in [9.17, 15) is 17.6 Å². The predicted octanol–water partition coefficient (Wildman–Crippen LogP) is 1.36. The van der Waals surface area contributed by atoms with Crippen molar-refractivity contribution in [1.82, 2.24) is 4.72 Å². The molecule has 0 saturated heterocycles. The number of amides is 1. The van der Waals surface area contributed by atoms with Crippen molar-refractivity contribution in [3.8, 4) is 0 Å². The Hall–Kier alpha value is -1.18. The normalized spacial score (nSPS) is 11.3. The first kappa shape index (κ1) is 14.9. The van der Waals surface area contributed by atoms with Gasteiger partial charge < -0.3 is 5.32 Å². The molecule has 1 rings (SSSR count). The van der Waals surface area contributed by atoms with E-state index >= 15 is 0 Å². The Bertz CT molecular complexity index is 548. The molecule has 0 atom stereocenters. The molecule has 0 aliphatic rings. The number of carbonyl (C=O) groups is 1. The number of halogens is 2. The lowest BCUT2D eigenvalue weighted by atomic mass is 10.3. The summed E-state index contributed by atoms with van der Waals surface area (Å²) >= 11 is 5.49. The number of hydrogen-bond donors (Lipinski definition) is 2. The Kier molecular flexibility index (Phi) is 5.06. The first-order chi connectivity index (χ1) is 8.28. The van der Waals surface area contributed by atoms with Crippen molar-refractivity contribution >= 4 is 33.2 Å². The molecule has 0 aliphatic carbocycles. The molecule has 0 bridgehead atoms. The Balaban J connectivity index is 2.47. The molecule has 0 unspecified atom stereocenters. The summed E-state index contributed by atoms with van der Waals surface area (Å²) in [6, 6.07) is 3.86. The molecular weight excluding hydrogens is 283 g/mol. The van der Waals surface area contributed by atoms with Crippen LogP contribution in [-0.2, 0) is 14.8 Å². The van der Waals surface area contributed by atoms with Gasteiger partial charge in [-0.2, -0.15) is 0 Å². The highest BCUT2D eigenvalue weighted by Crippen LogP contribution is 2.18. The maximum Gasteiger partial charge on any atom is 0.225 e. The number of anilines is 1. The van der Waals surface area contributed by atoms with E-state index in [1.807, 2.05) is 0 Å². The first-order valence-corrected chi connectivity index (χ1v) is 7.24. The summed E-state index contributed by atoms with van der Waals surface area (Å²) in [5.41, 5.74) is 0.265. The highest BCUT2D eigenvalue weighted by atomic mass is 35.5. The van der Waals surface area contributed by atoms with E-state index in [0.29, 0.717) is 0 Å². The molecule has 8 heteroatoms. The molecule has 0 fully saturated rings. The number of sulfonamides is 1. The SMILES string of the molecule is CS(=O)(=O)NCCC(=O)Nc1ccc(Cl)c(F)c1. The van der Waals surface area contributed by atoms with E-state index in [2.05, 4.69) is 10.0 Å². The van der Waals surface area contributed by atoms with Crippen LogP contribution in [0, 0.1) is 5.82 Å². The van der Waals surface area contributed by atoms with Crippen molar-refractivity contribution in [2.45, 2.75) is 6.42 Å². The second kappa shape index (κ2) is 6.12. The van der Waals surface area contributed by atoms with Gasteiger partial charge in [0.05, 0.1) is 11.3 Å². The van der Waals surface area contributed by atoms with Crippen LogP contribution in [0.4, 0.5) is 10.1 Å². The predicted molar refractivity (Wildman–Crippen MR) is 67.5 cm³/mol. The third-order valence-corrected chi connectivity index (χ3v) is 2.95. The number of rotatable bonds is 5. The van der Waals surface area contributed by atoms with Gasteiger partial charge in [-0.3, -0.25) is 4.79 Å². The van der Waals surface area contributed by atoms with Gasteiger partial charge in [-0.15, -0.1) is 0 Å². The number of hydrogen-bond acceptors (Lipinski definition) is 3. The molecule has 1 amide bonds. The van der Waals surface area contributed by atoms with Crippen LogP contribution in [0.5, 0.6) is 0 Å². The molecule has 5 nitrogen and oxygen atoms in total. The summed E-state index contributed by atoms with van der Waals surface area (Å²) in [5, 5.41) is 2.39. The van der Waals surface area contributed by atoms with Crippen molar-refractivity contribution in [3.63, 3.8) is 0 Å². The molecule has 0 aliphatic heterocycles. The van der Waals surface area contributed by atoms with Crippen LogP contribution in [0.1, 0.15) is 6.42 Å². The van der Waals surface area contributed by atoms with Crippen molar-refractivity contribution < 1.29 is 17.6 Å². The Labute approximate surface area is 109 Å². The minimum absolute atomic E-state index is 0.0132. The van der Waals surface area contributed by atoms with Crippen molar-refractivity contribution in [2.24, 2.45) is 0 Å². The molecule has 100 valence electrons. The number of benzene rings is 1. The van der Waals surface area contributed by atoms with E-state index in [1.165, 1.54) is 12.1 Å². The van der Waals surface area contributed by atoms with E-state index < -0.39 is 21.7 Å². The van der Waals surface area contributed by atoms with Crippen LogP contribution < -0.4 is 10.0 Å². The average molecular weight is 295 g/mol. The fraction of sp³-hybridized carbons (Fsp3) is 0.300. The minimum atomic E-state index is -3.31. The van der Waals surface area contributed by atoms with E-state index in [-0.39, 0.29) is 23.7 Å². The second-order valence-electron chi connectivity index (χ2n) is 3.59. The van der Waals surface area contributed by atoms with Crippen molar-refractivity contribution in [1.29, 1.82) is 0 Å². The van der Waals surface area contributed by atoms with Gasteiger partial charge in [0, 0.05) is 18.7 Å². The largest absolute Gasteiger partial charge is 0.326 e. The first-order valence-electron chi connectivity index (χ1n) is 4.97. The van der Waals surface area contributed by atoms with Gasteiger partial charge in [-0.1, -0.05) is 11.6 Å². The van der Waals surface area contributed by atoms with Gasteiger partial charge in [0.1, 0.15) is 5.82 Å². The highest BCUT2D eigenvalue weighted by molar-refractivity contribution is 7.88. The van der Waals surface area contributed by atoms with Gasteiger partial charge in [-0.05, 0) is 18.2 Å². The fourth-order valence-electron chi connectivity index (χ4n) is 1.15. The summed E-state index contributed by atoms with van der Waals surface area (Å²) < 4.78 is 36.7. The fourth-order valence-corrected chi connectivity index (χ4v) is 1.74. The maximum atomic E-state index is 13.1. The van der Waals surface area contributed by atoms with Crippen LogP contribution in [0.15, 0.2) is 18.2 Å². The second-order valence-corrected chi connectivity index (χ2v) is 5.83. The van der Waals surface area contributed by atoms with Crippen LogP contribution in [0.3, 0.4) is 0 Å².